The number of nitrogens with one attached hydrogen (secondary N) is 2. The van der Waals surface area contributed by atoms with Crippen LogP contribution >= 0.6 is 0 Å². The monoisotopic (exact) mass is 353 g/mol. The number of hydrogen-bond donors (Lipinski definition) is 2. The highest BCUT2D eigenvalue weighted by Crippen LogP contribution is 2.25. The Bertz CT molecular complexity index is 455. The smallest absolute Gasteiger partial charge is 0.246 e. The molecule has 0 saturated carbocycles. The summed E-state index contributed by atoms with van der Waals surface area (Å²) in [5.74, 6) is 0.359. The lowest BCUT2D eigenvalue weighted by Gasteiger charge is -2.35. The Morgan fingerprint density at radius 3 is 2.48 bits per heavy atom. The van der Waals surface area contributed by atoms with Crippen molar-refractivity contribution >= 4 is 11.8 Å². The molecule has 2 N–H and O–H groups in total. The van der Waals surface area contributed by atoms with Crippen LogP contribution in [0.1, 0.15) is 53.4 Å². The van der Waals surface area contributed by atoms with Crippen molar-refractivity contribution in [3.05, 3.63) is 0 Å². The summed E-state index contributed by atoms with van der Waals surface area (Å²) in [6.45, 7) is 11.5. The van der Waals surface area contributed by atoms with E-state index in [-0.39, 0.29) is 29.9 Å². The van der Waals surface area contributed by atoms with Gasteiger partial charge in [0.1, 0.15) is 12.6 Å². The summed E-state index contributed by atoms with van der Waals surface area (Å²) in [4.78, 5) is 27.2. The number of carbonyl (C=O) groups excluding carboxylic acids is 2. The number of rotatable bonds is 6. The Balaban J connectivity index is 1.83. The van der Waals surface area contributed by atoms with Gasteiger partial charge in [0.15, 0.2) is 0 Å². The van der Waals surface area contributed by atoms with Crippen LogP contribution in [0.4, 0.5) is 0 Å². The summed E-state index contributed by atoms with van der Waals surface area (Å²) in [6.07, 6.45) is 4.27. The predicted octanol–water partition coefficient (Wildman–Crippen LogP) is 1.54. The average molecular weight is 354 g/mol. The minimum atomic E-state index is -0.511. The predicted molar refractivity (Wildman–Crippen MR) is 98.2 cm³/mol. The van der Waals surface area contributed by atoms with Crippen LogP contribution in [0, 0.1) is 11.3 Å². The lowest BCUT2D eigenvalue weighted by atomic mass is 9.85. The van der Waals surface area contributed by atoms with E-state index in [1.807, 2.05) is 25.7 Å². The number of carbonyl (C=O) groups is 2. The first-order valence-electron chi connectivity index (χ1n) is 9.67. The van der Waals surface area contributed by atoms with Gasteiger partial charge in [0.05, 0.1) is 6.61 Å². The van der Waals surface area contributed by atoms with Gasteiger partial charge in [-0.3, -0.25) is 9.59 Å². The van der Waals surface area contributed by atoms with Crippen LogP contribution in [0.25, 0.3) is 0 Å². The van der Waals surface area contributed by atoms with Crippen LogP contribution in [0.15, 0.2) is 0 Å². The second-order valence-electron chi connectivity index (χ2n) is 8.60. The maximum atomic E-state index is 12.9. The van der Waals surface area contributed by atoms with E-state index in [0.29, 0.717) is 12.5 Å². The van der Waals surface area contributed by atoms with Gasteiger partial charge in [-0.25, -0.2) is 0 Å². The Kier molecular flexibility index (Phi) is 7.25. The first kappa shape index (κ1) is 20.2. The molecule has 0 aliphatic carbocycles. The highest BCUT2D eigenvalue weighted by molar-refractivity contribution is 5.89. The number of ether oxygens (including phenoxy) is 1. The number of piperidine rings is 1. The minimum absolute atomic E-state index is 0.0271. The number of nitrogens with zero attached hydrogens (tertiary/aromatic N) is 1. The highest BCUT2D eigenvalue weighted by Gasteiger charge is 2.38. The van der Waals surface area contributed by atoms with E-state index in [4.69, 9.17) is 4.74 Å². The lowest BCUT2D eigenvalue weighted by Crippen LogP contribution is -2.56. The molecule has 0 bridgehead atoms. The highest BCUT2D eigenvalue weighted by atomic mass is 16.5. The number of amides is 2. The number of likely N-dealkylation sites (tertiary alicyclic amines) is 1. The fourth-order valence-electron chi connectivity index (χ4n) is 3.64. The van der Waals surface area contributed by atoms with Crippen molar-refractivity contribution in [2.45, 2.75) is 65.5 Å². The van der Waals surface area contributed by atoms with Crippen LogP contribution in [0.2, 0.25) is 0 Å². The molecule has 0 aromatic heterocycles. The molecule has 0 aromatic rings. The van der Waals surface area contributed by atoms with Gasteiger partial charge in [-0.1, -0.05) is 20.8 Å². The Hall–Kier alpha value is -1.14. The number of hydrogen-bond acceptors (Lipinski definition) is 4. The molecule has 0 radical (unpaired) electrons. The fourth-order valence-corrected chi connectivity index (χ4v) is 3.64. The van der Waals surface area contributed by atoms with Gasteiger partial charge in [0.25, 0.3) is 0 Å². The topological polar surface area (TPSA) is 70.7 Å². The average Bonchev–Trinajstić information content (AvgIpc) is 2.98. The van der Waals surface area contributed by atoms with Gasteiger partial charge in [-0.2, -0.15) is 0 Å². The molecule has 2 aliphatic heterocycles. The third-order valence-electron chi connectivity index (χ3n) is 5.30. The molecule has 6 heteroatoms. The van der Waals surface area contributed by atoms with Crippen molar-refractivity contribution in [1.29, 1.82) is 0 Å². The molecule has 2 saturated heterocycles. The van der Waals surface area contributed by atoms with Gasteiger partial charge < -0.3 is 20.3 Å². The zero-order chi connectivity index (χ0) is 18.4. The van der Waals surface area contributed by atoms with Gasteiger partial charge in [-0.05, 0) is 57.0 Å². The molecule has 144 valence electrons. The molecule has 2 unspecified atom stereocenters. The quantitative estimate of drug-likeness (QED) is 0.760. The first-order valence-corrected chi connectivity index (χ1v) is 9.67. The van der Waals surface area contributed by atoms with Gasteiger partial charge in [0, 0.05) is 12.6 Å². The van der Waals surface area contributed by atoms with E-state index in [1.165, 1.54) is 0 Å². The zero-order valence-electron chi connectivity index (χ0n) is 16.3. The van der Waals surface area contributed by atoms with Crippen molar-refractivity contribution in [2.24, 2.45) is 11.3 Å². The molecular formula is C19H35N3O3. The second kappa shape index (κ2) is 8.99. The van der Waals surface area contributed by atoms with E-state index in [2.05, 4.69) is 17.6 Å². The van der Waals surface area contributed by atoms with Crippen LogP contribution in [0.3, 0.4) is 0 Å². The molecular weight excluding hydrogens is 318 g/mol. The summed E-state index contributed by atoms with van der Waals surface area (Å²) >= 11 is 0. The summed E-state index contributed by atoms with van der Waals surface area (Å²) in [7, 11) is 0. The van der Waals surface area contributed by atoms with E-state index in [9.17, 15) is 9.59 Å². The maximum absolute atomic E-state index is 12.9. The Morgan fingerprint density at radius 2 is 1.92 bits per heavy atom. The summed E-state index contributed by atoms with van der Waals surface area (Å²) in [6, 6.07) is -0.256. The minimum Gasteiger partial charge on any atom is -0.371 e. The van der Waals surface area contributed by atoms with Crippen molar-refractivity contribution in [3.63, 3.8) is 0 Å². The standard InChI is InChI=1S/C19H35N3O3/c1-14-6-5-11-22(14)18(24)17(19(2,3)4)21-16(23)13-25-12-15-7-9-20-10-8-15/h14-15,17,20H,5-13H2,1-4H3,(H,21,23). The molecule has 0 aromatic carbocycles. The van der Waals surface area contributed by atoms with Crippen LogP contribution < -0.4 is 10.6 Å². The van der Waals surface area contributed by atoms with Gasteiger partial charge in [-0.15, -0.1) is 0 Å². The molecule has 2 aliphatic rings. The van der Waals surface area contributed by atoms with Crippen molar-refractivity contribution in [2.75, 3.05) is 32.8 Å². The second-order valence-corrected chi connectivity index (χ2v) is 8.60. The normalized spacial score (nSPS) is 23.5. The van der Waals surface area contributed by atoms with Gasteiger partial charge in [0.2, 0.25) is 11.8 Å². The van der Waals surface area contributed by atoms with E-state index >= 15 is 0 Å². The zero-order valence-corrected chi connectivity index (χ0v) is 16.3. The lowest BCUT2D eigenvalue weighted by molar-refractivity contribution is -0.141. The first-order chi connectivity index (χ1) is 11.8. The van der Waals surface area contributed by atoms with E-state index < -0.39 is 6.04 Å². The SMILES string of the molecule is CC1CCCN1C(=O)C(NC(=O)COCC1CCNCC1)C(C)(C)C. The molecule has 0 spiro atoms. The van der Waals surface area contributed by atoms with Crippen LogP contribution in [-0.2, 0) is 14.3 Å². The molecule has 6 nitrogen and oxygen atoms in total. The fraction of sp³-hybridized carbons (Fsp3) is 0.895. The summed E-state index contributed by atoms with van der Waals surface area (Å²) < 4.78 is 5.61. The van der Waals surface area contributed by atoms with Crippen LogP contribution in [-0.4, -0.2) is 61.6 Å². The Labute approximate surface area is 152 Å². The maximum Gasteiger partial charge on any atom is 0.246 e. The molecule has 2 heterocycles. The Morgan fingerprint density at radius 1 is 1.24 bits per heavy atom. The largest absolute Gasteiger partial charge is 0.371 e. The van der Waals surface area contributed by atoms with Crippen molar-refractivity contribution in [1.82, 2.24) is 15.5 Å². The molecule has 25 heavy (non-hydrogen) atoms. The third kappa shape index (κ3) is 5.96. The summed E-state index contributed by atoms with van der Waals surface area (Å²) in [5.41, 5.74) is -0.329. The molecule has 2 fully saturated rings. The third-order valence-corrected chi connectivity index (χ3v) is 5.30. The summed E-state index contributed by atoms with van der Waals surface area (Å²) in [5, 5.41) is 6.25. The van der Waals surface area contributed by atoms with E-state index in [1.54, 1.807) is 0 Å². The van der Waals surface area contributed by atoms with Crippen molar-refractivity contribution in [3.8, 4) is 0 Å². The van der Waals surface area contributed by atoms with Crippen LogP contribution in [0.5, 0.6) is 0 Å². The molecule has 2 atom stereocenters. The molecule has 2 amide bonds. The molecule has 2 rings (SSSR count). The van der Waals surface area contributed by atoms with Gasteiger partial charge >= 0.3 is 0 Å². The van der Waals surface area contributed by atoms with Crippen molar-refractivity contribution < 1.29 is 14.3 Å². The van der Waals surface area contributed by atoms with E-state index in [0.717, 1.165) is 45.3 Å².